The molecule has 5 heterocycles. The largest absolute Gasteiger partial charge is 0.493 e. The van der Waals surface area contributed by atoms with Gasteiger partial charge in [0, 0.05) is 49.2 Å². The number of methoxy groups -OCH3 is 2. The lowest BCUT2D eigenvalue weighted by molar-refractivity contribution is -0.143. The van der Waals surface area contributed by atoms with Crippen LogP contribution in [0.5, 0.6) is 28.7 Å². The summed E-state index contributed by atoms with van der Waals surface area (Å²) in [6, 6.07) is 10.8. The van der Waals surface area contributed by atoms with Crippen LogP contribution in [0.4, 0.5) is 8.78 Å². The van der Waals surface area contributed by atoms with Crippen LogP contribution in [-0.2, 0) is 16.0 Å². The molecule has 0 radical (unpaired) electrons. The summed E-state index contributed by atoms with van der Waals surface area (Å²) in [7, 11) is 3.17. The number of likely N-dealkylation sites (tertiary alicyclic amines) is 1. The minimum Gasteiger partial charge on any atom is -0.493 e. The van der Waals surface area contributed by atoms with Crippen LogP contribution in [-0.4, -0.2) is 101 Å². The van der Waals surface area contributed by atoms with E-state index in [9.17, 15) is 23.2 Å². The van der Waals surface area contributed by atoms with E-state index in [0.717, 1.165) is 68.0 Å². The van der Waals surface area contributed by atoms with E-state index in [2.05, 4.69) is 20.3 Å². The Bertz CT molecular complexity index is 2680. The van der Waals surface area contributed by atoms with Gasteiger partial charge in [-0.05, 0) is 92.5 Å². The van der Waals surface area contributed by atoms with Gasteiger partial charge in [0.1, 0.15) is 41.0 Å². The number of hydrogen-bond acceptors (Lipinski definition) is 11. The van der Waals surface area contributed by atoms with Gasteiger partial charge >= 0.3 is 0 Å². The molecule has 5 aromatic rings. The maximum absolute atomic E-state index is 14.5. The first-order valence-electron chi connectivity index (χ1n) is 22.2. The van der Waals surface area contributed by atoms with E-state index >= 15 is 0 Å². The highest BCUT2D eigenvalue weighted by Crippen LogP contribution is 2.48. The van der Waals surface area contributed by atoms with Crippen molar-refractivity contribution in [2.45, 2.75) is 69.9 Å². The molecule has 3 aromatic carbocycles. The topological polar surface area (TPSA) is 170 Å². The molecule has 3 atom stereocenters. The van der Waals surface area contributed by atoms with E-state index < -0.39 is 29.5 Å². The third-order valence-electron chi connectivity index (χ3n) is 13.3. The standard InChI is InChI=1S/C48H49F2N7O8/c1-61-36-10-9-28(20-39(36)62-2)41-32-5-3-4-6-33(32)47(59)57(55-41)31-13-15-56(16-14-31)48(60)35(19-27-17-29(49)21-30(50)18-27)54-46(58)34-22-51-44-42(34)52-24-53-43(44)40-37(63-23-26-7-8-26)11-12-38-45(40)65-25-64-38/h9-12,17-18,20-22,24,26,31-33,35,51H,3-8,13-16,19,23,25H2,1-2H3,(H,54,58)/t32-,33+,35+/m0/s1. The fourth-order valence-electron chi connectivity index (χ4n) is 9.74. The molecule has 3 amide bonds. The molecule has 2 aliphatic carbocycles. The molecular formula is C48H49F2N7O8. The Balaban J connectivity index is 0.904. The molecule has 17 heteroatoms. The number of halogens is 2. The molecule has 2 saturated carbocycles. The Labute approximate surface area is 373 Å². The van der Waals surface area contributed by atoms with Gasteiger partial charge in [0.2, 0.25) is 18.6 Å². The van der Waals surface area contributed by atoms with Gasteiger partial charge in [-0.3, -0.25) is 14.4 Å². The third kappa shape index (κ3) is 8.27. The summed E-state index contributed by atoms with van der Waals surface area (Å²) >= 11 is 0. The molecule has 2 N–H and O–H groups in total. The quantitative estimate of drug-likeness (QED) is 0.128. The van der Waals surface area contributed by atoms with Gasteiger partial charge in [0.15, 0.2) is 23.0 Å². The lowest BCUT2D eigenvalue weighted by atomic mass is 9.73. The van der Waals surface area contributed by atoms with Crippen LogP contribution in [0, 0.1) is 29.4 Å². The molecule has 3 fully saturated rings. The smallest absolute Gasteiger partial charge is 0.255 e. The van der Waals surface area contributed by atoms with Crippen LogP contribution >= 0.6 is 0 Å². The van der Waals surface area contributed by atoms with Crippen molar-refractivity contribution in [3.63, 3.8) is 0 Å². The number of nitrogens with one attached hydrogen (secondary N) is 2. The van der Waals surface area contributed by atoms with E-state index in [1.807, 2.05) is 24.3 Å². The van der Waals surface area contributed by atoms with Gasteiger partial charge in [0.25, 0.3) is 5.91 Å². The van der Waals surface area contributed by atoms with Crippen LogP contribution in [0.2, 0.25) is 0 Å². The summed E-state index contributed by atoms with van der Waals surface area (Å²) in [5, 5.41) is 9.55. The monoisotopic (exact) mass is 889 g/mol. The van der Waals surface area contributed by atoms with Gasteiger partial charge in [-0.1, -0.05) is 12.8 Å². The molecule has 65 heavy (non-hydrogen) atoms. The Hall–Kier alpha value is -6.78. The van der Waals surface area contributed by atoms with E-state index in [-0.39, 0.29) is 66.7 Å². The second-order valence-electron chi connectivity index (χ2n) is 17.4. The number of aromatic nitrogens is 3. The van der Waals surface area contributed by atoms with E-state index in [1.165, 1.54) is 12.5 Å². The van der Waals surface area contributed by atoms with Crippen molar-refractivity contribution < 1.29 is 46.8 Å². The van der Waals surface area contributed by atoms with Gasteiger partial charge in [-0.15, -0.1) is 0 Å². The first kappa shape index (κ1) is 42.2. The molecule has 1 saturated heterocycles. The lowest BCUT2D eigenvalue weighted by Crippen LogP contribution is -2.55. The number of amides is 3. The Kier molecular flexibility index (Phi) is 11.5. The molecule has 5 aliphatic rings. The lowest BCUT2D eigenvalue weighted by Gasteiger charge is -2.43. The zero-order valence-corrected chi connectivity index (χ0v) is 36.1. The van der Waals surface area contributed by atoms with Crippen molar-refractivity contribution in [3.8, 4) is 40.0 Å². The molecule has 0 bridgehead atoms. The number of aromatic amines is 1. The number of rotatable bonds is 13. The van der Waals surface area contributed by atoms with Crippen LogP contribution < -0.4 is 29.0 Å². The molecule has 0 unspecified atom stereocenters. The zero-order valence-electron chi connectivity index (χ0n) is 36.1. The summed E-state index contributed by atoms with van der Waals surface area (Å²) in [6.45, 7) is 1.08. The number of nitrogens with zero attached hydrogens (tertiary/aromatic N) is 5. The van der Waals surface area contributed by atoms with E-state index in [4.69, 9.17) is 28.8 Å². The fourth-order valence-corrected chi connectivity index (χ4v) is 9.74. The fraction of sp³-hybridized carbons (Fsp3) is 0.417. The molecule has 15 nitrogen and oxygen atoms in total. The van der Waals surface area contributed by atoms with Crippen LogP contribution in [0.3, 0.4) is 0 Å². The van der Waals surface area contributed by atoms with Gasteiger partial charge < -0.3 is 38.9 Å². The SMILES string of the molecule is COc1ccc(C2=NN(C3CCN(C(=O)[C@@H](Cc4cc(F)cc(F)c4)NC(=O)c4c[nH]c5c(-c6c(OCC7CC7)ccc7c6OCO7)ncnc45)CC3)C(=O)[C@@H]3CCCC[C@H]23)cc1OC. The summed E-state index contributed by atoms with van der Waals surface area (Å²) in [5.41, 5.74) is 3.72. The normalized spacial score (nSPS) is 20.0. The number of ether oxygens (including phenoxy) is 5. The Morgan fingerprint density at radius 1 is 0.892 bits per heavy atom. The zero-order chi connectivity index (χ0) is 44.8. The van der Waals surface area contributed by atoms with Crippen molar-refractivity contribution in [2.24, 2.45) is 22.9 Å². The maximum atomic E-state index is 14.5. The second kappa shape index (κ2) is 17.7. The predicted octanol–water partition coefficient (Wildman–Crippen LogP) is 6.82. The Morgan fingerprint density at radius 3 is 2.40 bits per heavy atom. The summed E-state index contributed by atoms with van der Waals surface area (Å²) in [5.74, 6) is 0.275. The van der Waals surface area contributed by atoms with Crippen LogP contribution in [0.1, 0.15) is 72.9 Å². The highest BCUT2D eigenvalue weighted by molar-refractivity contribution is 6.09. The minimum atomic E-state index is -1.22. The molecule has 338 valence electrons. The van der Waals surface area contributed by atoms with Crippen LogP contribution in [0.15, 0.2) is 66.2 Å². The molecule has 3 aliphatic heterocycles. The van der Waals surface area contributed by atoms with Crippen molar-refractivity contribution in [2.75, 3.05) is 40.7 Å². The first-order valence-corrected chi connectivity index (χ1v) is 22.2. The highest BCUT2D eigenvalue weighted by atomic mass is 19.1. The Morgan fingerprint density at radius 2 is 1.65 bits per heavy atom. The summed E-state index contributed by atoms with van der Waals surface area (Å²) in [6.07, 6.45) is 9.28. The average Bonchev–Trinajstić information content (AvgIpc) is 3.84. The van der Waals surface area contributed by atoms with Crippen molar-refractivity contribution in [1.29, 1.82) is 0 Å². The number of benzene rings is 3. The predicted molar refractivity (Wildman–Crippen MR) is 233 cm³/mol. The summed E-state index contributed by atoms with van der Waals surface area (Å²) < 4.78 is 57.9. The van der Waals surface area contributed by atoms with E-state index in [1.54, 1.807) is 30.2 Å². The highest BCUT2D eigenvalue weighted by Gasteiger charge is 2.44. The maximum Gasteiger partial charge on any atom is 0.255 e. The van der Waals surface area contributed by atoms with Crippen molar-refractivity contribution in [1.82, 2.24) is 30.2 Å². The molecule has 10 rings (SSSR count). The van der Waals surface area contributed by atoms with Crippen LogP contribution in [0.25, 0.3) is 22.3 Å². The third-order valence-corrected chi connectivity index (χ3v) is 13.3. The molecule has 2 aromatic heterocycles. The number of piperidine rings is 1. The number of hydrazone groups is 1. The molecular weight excluding hydrogens is 841 g/mol. The first-order chi connectivity index (χ1) is 31.7. The number of carbonyl (C=O) groups excluding carboxylic acids is 3. The van der Waals surface area contributed by atoms with Crippen molar-refractivity contribution >= 4 is 34.5 Å². The molecule has 0 spiro atoms. The van der Waals surface area contributed by atoms with Crippen molar-refractivity contribution in [3.05, 3.63) is 89.4 Å². The minimum absolute atomic E-state index is 0.00723. The summed E-state index contributed by atoms with van der Waals surface area (Å²) in [4.78, 5) is 56.8. The number of carbonyl (C=O) groups is 3. The van der Waals surface area contributed by atoms with E-state index in [0.29, 0.717) is 70.9 Å². The van der Waals surface area contributed by atoms with Gasteiger partial charge in [0.05, 0.1) is 49.2 Å². The van der Waals surface area contributed by atoms with Gasteiger partial charge in [-0.2, -0.15) is 5.10 Å². The second-order valence-corrected chi connectivity index (χ2v) is 17.4. The van der Waals surface area contributed by atoms with Gasteiger partial charge in [-0.25, -0.2) is 23.8 Å². The number of fused-ring (bicyclic) bond motifs is 3. The average molecular weight is 890 g/mol. The number of hydrogen-bond donors (Lipinski definition) is 2. The number of H-pyrrole nitrogens is 1.